The number of nitrogens with zero attached hydrogens (tertiary/aromatic N) is 3. The fourth-order valence-electron chi connectivity index (χ4n) is 4.99. The Hall–Kier alpha value is -4.30. The lowest BCUT2D eigenvalue weighted by Crippen LogP contribution is -2.45. The third-order valence-corrected chi connectivity index (χ3v) is 7.87. The fourth-order valence-corrected chi connectivity index (χ4v) is 5.56. The molecule has 0 spiro atoms. The number of fused-ring (bicyclic) bond motifs is 1. The highest BCUT2D eigenvalue weighted by Crippen LogP contribution is 2.39. The van der Waals surface area contributed by atoms with Gasteiger partial charge >= 0.3 is 0 Å². The molecule has 208 valence electrons. The van der Waals surface area contributed by atoms with E-state index in [1.807, 2.05) is 11.2 Å². The van der Waals surface area contributed by atoms with Gasteiger partial charge in [0, 0.05) is 29.5 Å². The molecule has 1 fully saturated rings. The van der Waals surface area contributed by atoms with Gasteiger partial charge in [-0.1, -0.05) is 41.4 Å². The number of carbonyl (C=O) groups is 1. The number of nitriles is 1. The van der Waals surface area contributed by atoms with Crippen LogP contribution in [0.2, 0.25) is 10.0 Å². The molecule has 12 heteroatoms. The maximum atomic E-state index is 13.9. The summed E-state index contributed by atoms with van der Waals surface area (Å²) in [6.45, 7) is 1.42. The topological polar surface area (TPSA) is 105 Å². The standard InChI is InChI=1S/C30H23BCl2FN7O/c1-16(42)27-23(32)3-2-4-25(27)37-28-17(13-35)14-36-29-22(28)11-20(12-24(29)33)38-30(31,18-5-7-19(34)8-6-18)26-15-41(40-39-26)21-9-10-21/h2-8,11-12,14-15,21,38-40H,9-10H2,1H3,(H,36,37). The maximum absolute atomic E-state index is 13.9. The number of pyridine rings is 1. The van der Waals surface area contributed by atoms with Crippen LogP contribution in [0.15, 0.2) is 72.7 Å². The van der Waals surface area contributed by atoms with Gasteiger partial charge in [-0.2, -0.15) is 5.26 Å². The number of hydrogen-bond donors (Lipinski definition) is 4. The number of halogens is 3. The number of rotatable bonds is 8. The van der Waals surface area contributed by atoms with Crippen molar-refractivity contribution in [2.24, 2.45) is 0 Å². The average molecular weight is 598 g/mol. The van der Waals surface area contributed by atoms with Gasteiger partial charge in [0.15, 0.2) is 5.78 Å². The minimum Gasteiger partial charge on any atom is -0.378 e. The zero-order chi connectivity index (χ0) is 29.6. The first-order valence-corrected chi connectivity index (χ1v) is 13.9. The van der Waals surface area contributed by atoms with Crippen LogP contribution in [0.3, 0.4) is 0 Å². The Bertz CT molecular complexity index is 1810. The number of anilines is 3. The summed E-state index contributed by atoms with van der Waals surface area (Å²) in [5.74, 6) is -0.628. The Balaban J connectivity index is 1.48. The summed E-state index contributed by atoms with van der Waals surface area (Å²) in [5.41, 5.74) is 8.40. The quantitative estimate of drug-likeness (QED) is 0.139. The van der Waals surface area contributed by atoms with Crippen LogP contribution in [0.25, 0.3) is 10.9 Å². The summed E-state index contributed by atoms with van der Waals surface area (Å²) in [4.78, 5) is 16.8. The molecule has 1 aromatic heterocycles. The molecule has 0 saturated heterocycles. The van der Waals surface area contributed by atoms with Gasteiger partial charge in [0.25, 0.3) is 0 Å². The summed E-state index contributed by atoms with van der Waals surface area (Å²) in [6.07, 6.45) is 5.42. The van der Waals surface area contributed by atoms with Crippen LogP contribution in [0.5, 0.6) is 0 Å². The van der Waals surface area contributed by atoms with E-state index in [2.05, 4.69) is 32.6 Å². The first-order valence-electron chi connectivity index (χ1n) is 13.1. The van der Waals surface area contributed by atoms with Gasteiger partial charge in [-0.15, -0.1) is 5.53 Å². The number of Topliss-reactive ketones (excluding diaryl/α,β-unsaturated/α-hetero) is 1. The van der Waals surface area contributed by atoms with Crippen LogP contribution in [0.4, 0.5) is 21.5 Å². The molecular formula is C30H23BCl2FN7O. The van der Waals surface area contributed by atoms with Crippen LogP contribution in [-0.4, -0.2) is 29.7 Å². The van der Waals surface area contributed by atoms with E-state index in [1.54, 1.807) is 42.5 Å². The normalized spacial score (nSPS) is 15.9. The molecule has 1 unspecified atom stereocenters. The molecule has 2 heterocycles. The molecule has 6 rings (SSSR count). The Labute approximate surface area is 252 Å². The maximum Gasteiger partial charge on any atom is 0.163 e. The zero-order valence-electron chi connectivity index (χ0n) is 22.3. The molecule has 4 N–H and O–H groups in total. The summed E-state index contributed by atoms with van der Waals surface area (Å²) in [7, 11) is 7.06. The van der Waals surface area contributed by atoms with Crippen LogP contribution >= 0.6 is 23.2 Å². The van der Waals surface area contributed by atoms with E-state index in [9.17, 15) is 14.4 Å². The number of ketones is 1. The predicted molar refractivity (Wildman–Crippen MR) is 163 cm³/mol. The smallest absolute Gasteiger partial charge is 0.163 e. The fraction of sp³-hybridized carbons (Fsp3) is 0.167. The molecule has 1 aliphatic heterocycles. The largest absolute Gasteiger partial charge is 0.378 e. The number of benzene rings is 3. The molecule has 0 amide bonds. The second kappa shape index (κ2) is 10.8. The number of hydrogen-bond acceptors (Lipinski definition) is 8. The molecule has 2 radical (unpaired) electrons. The van der Waals surface area contributed by atoms with Gasteiger partial charge in [0.1, 0.15) is 19.7 Å². The molecule has 1 saturated carbocycles. The van der Waals surface area contributed by atoms with Crippen molar-refractivity contribution in [1.82, 2.24) is 21.0 Å². The van der Waals surface area contributed by atoms with E-state index in [1.165, 1.54) is 25.3 Å². The summed E-state index contributed by atoms with van der Waals surface area (Å²) >= 11 is 13.1. The number of carbonyl (C=O) groups excluding carboxylic acids is 1. The molecule has 3 aromatic carbocycles. The highest BCUT2D eigenvalue weighted by Gasteiger charge is 2.37. The Morgan fingerprint density at radius 1 is 1.19 bits per heavy atom. The van der Waals surface area contributed by atoms with Gasteiger partial charge < -0.3 is 16.1 Å². The van der Waals surface area contributed by atoms with Crippen molar-refractivity contribution in [3.05, 3.63) is 105 Å². The third kappa shape index (κ3) is 5.11. The van der Waals surface area contributed by atoms with Crippen LogP contribution in [0.1, 0.15) is 41.3 Å². The lowest BCUT2D eigenvalue weighted by atomic mass is 9.69. The number of hydrazine groups is 2. The zero-order valence-corrected chi connectivity index (χ0v) is 23.8. The monoisotopic (exact) mass is 597 g/mol. The lowest BCUT2D eigenvalue weighted by Gasteiger charge is -2.34. The summed E-state index contributed by atoms with van der Waals surface area (Å²) in [6, 6.07) is 16.9. The molecular weight excluding hydrogens is 575 g/mol. The van der Waals surface area contributed by atoms with Gasteiger partial charge in [-0.05, 0) is 61.7 Å². The SMILES string of the molecule is [B]C(Nc1cc(Cl)c2ncc(C#N)c(Nc3cccc(Cl)c3C(C)=O)c2c1)(C1=CN(C2CC2)NN1)c1ccc(F)cc1. The van der Waals surface area contributed by atoms with Crippen LogP contribution < -0.4 is 21.6 Å². The Kier molecular flexibility index (Phi) is 7.19. The minimum absolute atomic E-state index is 0.229. The van der Waals surface area contributed by atoms with Crippen molar-refractivity contribution in [3.63, 3.8) is 0 Å². The third-order valence-electron chi connectivity index (χ3n) is 7.26. The summed E-state index contributed by atoms with van der Waals surface area (Å²) in [5, 5.41) is 19.6. The van der Waals surface area contributed by atoms with E-state index >= 15 is 0 Å². The van der Waals surface area contributed by atoms with Crippen LogP contribution in [0, 0.1) is 17.1 Å². The lowest BCUT2D eigenvalue weighted by molar-refractivity contribution is 0.101. The summed E-state index contributed by atoms with van der Waals surface area (Å²) < 4.78 is 13.9. The second-order valence-electron chi connectivity index (χ2n) is 10.2. The molecule has 1 atom stereocenters. The van der Waals surface area contributed by atoms with Gasteiger partial charge in [0.2, 0.25) is 0 Å². The number of nitrogens with one attached hydrogen (secondary N) is 4. The highest BCUT2D eigenvalue weighted by atomic mass is 35.5. The van der Waals surface area contributed by atoms with E-state index in [4.69, 9.17) is 31.0 Å². The molecule has 4 aromatic rings. The number of aromatic nitrogens is 1. The first-order chi connectivity index (χ1) is 20.2. The van der Waals surface area contributed by atoms with Crippen molar-refractivity contribution in [2.45, 2.75) is 31.2 Å². The van der Waals surface area contributed by atoms with E-state index in [-0.39, 0.29) is 21.9 Å². The van der Waals surface area contributed by atoms with Crippen molar-refractivity contribution in [2.75, 3.05) is 10.6 Å². The van der Waals surface area contributed by atoms with E-state index in [0.717, 1.165) is 12.8 Å². The van der Waals surface area contributed by atoms with Gasteiger partial charge in [-0.3, -0.25) is 14.8 Å². The predicted octanol–water partition coefficient (Wildman–Crippen LogP) is 6.26. The van der Waals surface area contributed by atoms with Gasteiger partial charge in [0.05, 0.1) is 49.2 Å². The van der Waals surface area contributed by atoms with Gasteiger partial charge in [-0.25, -0.2) is 4.39 Å². The average Bonchev–Trinajstić information content (AvgIpc) is 3.69. The minimum atomic E-state index is -1.34. The Morgan fingerprint density at radius 3 is 2.64 bits per heavy atom. The van der Waals surface area contributed by atoms with Crippen molar-refractivity contribution >= 4 is 64.8 Å². The molecule has 42 heavy (non-hydrogen) atoms. The highest BCUT2D eigenvalue weighted by molar-refractivity contribution is 6.36. The molecule has 2 aliphatic rings. The van der Waals surface area contributed by atoms with Crippen molar-refractivity contribution in [3.8, 4) is 6.07 Å². The molecule has 0 bridgehead atoms. The van der Waals surface area contributed by atoms with Crippen molar-refractivity contribution < 1.29 is 9.18 Å². The Morgan fingerprint density at radius 2 is 1.95 bits per heavy atom. The molecule has 8 nitrogen and oxygen atoms in total. The van der Waals surface area contributed by atoms with Crippen LogP contribution in [-0.2, 0) is 5.44 Å². The molecule has 1 aliphatic carbocycles. The van der Waals surface area contributed by atoms with E-state index in [0.29, 0.717) is 50.3 Å². The van der Waals surface area contributed by atoms with Crippen molar-refractivity contribution in [1.29, 1.82) is 5.26 Å². The second-order valence-corrected chi connectivity index (χ2v) is 11.0. The van der Waals surface area contributed by atoms with E-state index < -0.39 is 11.3 Å². The first kappa shape index (κ1) is 27.9.